The fourth-order valence-corrected chi connectivity index (χ4v) is 3.15. The molecule has 1 N–H and O–H groups in total. The van der Waals surface area contributed by atoms with Crippen LogP contribution in [0.5, 0.6) is 0 Å². The van der Waals surface area contributed by atoms with Gasteiger partial charge in [0.1, 0.15) is 5.60 Å². The van der Waals surface area contributed by atoms with Crippen molar-refractivity contribution in [3.8, 4) is 0 Å². The summed E-state index contributed by atoms with van der Waals surface area (Å²) < 4.78 is 5.29. The molecule has 0 unspecified atom stereocenters. The Morgan fingerprint density at radius 3 is 3.00 bits per heavy atom. The number of carbonyl (C=O) groups is 1. The van der Waals surface area contributed by atoms with Gasteiger partial charge in [0, 0.05) is 30.2 Å². The van der Waals surface area contributed by atoms with Crippen LogP contribution in [0.1, 0.15) is 44.9 Å². The van der Waals surface area contributed by atoms with E-state index in [1.807, 2.05) is 32.5 Å². The summed E-state index contributed by atoms with van der Waals surface area (Å²) in [5.41, 5.74) is 1.42. The van der Waals surface area contributed by atoms with E-state index >= 15 is 0 Å². The van der Waals surface area contributed by atoms with Gasteiger partial charge in [-0.05, 0) is 40.2 Å². The molecule has 0 saturated carbocycles. The van der Waals surface area contributed by atoms with Crippen LogP contribution in [0.3, 0.4) is 0 Å². The third-order valence-electron chi connectivity index (χ3n) is 3.47. The molecule has 0 bridgehead atoms. The van der Waals surface area contributed by atoms with Crippen molar-refractivity contribution < 1.29 is 9.53 Å². The number of amides is 1. The highest BCUT2D eigenvalue weighted by Gasteiger charge is 2.24. The predicted molar refractivity (Wildman–Crippen MR) is 84.4 cm³/mol. The minimum atomic E-state index is -0.445. The molecule has 1 aromatic heterocycles. The number of nitrogens with one attached hydrogen (secondary N) is 1. The first-order valence-corrected chi connectivity index (χ1v) is 8.40. The standard InChI is InChI=1S/C15H25N3O2S/c1-15(2,3)20-14(19)17-8-12-6-4-5-7-18(12)10-13-9-16-11-21-13/h9,11-12H,4-8,10H2,1-3H3,(H,17,19)/t12-/m1/s1. The van der Waals surface area contributed by atoms with Crippen LogP contribution in [0, 0.1) is 0 Å². The molecule has 1 fully saturated rings. The zero-order valence-corrected chi connectivity index (χ0v) is 13.9. The number of carbonyl (C=O) groups excluding carboxylic acids is 1. The average molecular weight is 311 g/mol. The second-order valence-corrected chi connectivity index (χ2v) is 7.44. The molecule has 1 aromatic rings. The van der Waals surface area contributed by atoms with Crippen molar-refractivity contribution in [2.24, 2.45) is 0 Å². The van der Waals surface area contributed by atoms with Crippen LogP contribution in [-0.4, -0.2) is 40.7 Å². The van der Waals surface area contributed by atoms with Crippen molar-refractivity contribution >= 4 is 17.4 Å². The van der Waals surface area contributed by atoms with E-state index in [9.17, 15) is 4.79 Å². The number of likely N-dealkylation sites (tertiary alicyclic amines) is 1. The zero-order valence-electron chi connectivity index (χ0n) is 13.1. The average Bonchev–Trinajstić information content (AvgIpc) is 2.88. The number of alkyl carbamates (subject to hydrolysis) is 1. The normalized spacial score (nSPS) is 20.2. The largest absolute Gasteiger partial charge is 0.444 e. The molecule has 1 amide bonds. The SMILES string of the molecule is CC(C)(C)OC(=O)NC[C@H]1CCCCN1Cc1cncs1. The van der Waals surface area contributed by atoms with Gasteiger partial charge in [-0.2, -0.15) is 0 Å². The lowest BCUT2D eigenvalue weighted by Gasteiger charge is -2.35. The van der Waals surface area contributed by atoms with E-state index < -0.39 is 5.60 Å². The summed E-state index contributed by atoms with van der Waals surface area (Å²) in [6.07, 6.45) is 5.17. The number of thiazole rings is 1. The predicted octanol–water partition coefficient (Wildman–Crippen LogP) is 3.02. The molecule has 0 aliphatic carbocycles. The molecule has 1 saturated heterocycles. The zero-order chi connectivity index (χ0) is 15.3. The Balaban J connectivity index is 1.83. The van der Waals surface area contributed by atoms with Crippen molar-refractivity contribution in [3.63, 3.8) is 0 Å². The van der Waals surface area contributed by atoms with Crippen LogP contribution in [0.25, 0.3) is 0 Å². The van der Waals surface area contributed by atoms with Crippen LogP contribution in [0.2, 0.25) is 0 Å². The number of ether oxygens (including phenoxy) is 1. The number of nitrogens with zero attached hydrogens (tertiary/aromatic N) is 2. The topological polar surface area (TPSA) is 54.5 Å². The van der Waals surface area contributed by atoms with Gasteiger partial charge < -0.3 is 10.1 Å². The molecule has 5 nitrogen and oxygen atoms in total. The first-order valence-electron chi connectivity index (χ1n) is 7.52. The van der Waals surface area contributed by atoms with Crippen LogP contribution in [-0.2, 0) is 11.3 Å². The highest BCUT2D eigenvalue weighted by molar-refractivity contribution is 7.09. The van der Waals surface area contributed by atoms with Gasteiger partial charge in [-0.15, -0.1) is 11.3 Å². The van der Waals surface area contributed by atoms with E-state index in [2.05, 4.69) is 15.2 Å². The Labute approximate surface area is 130 Å². The highest BCUT2D eigenvalue weighted by Crippen LogP contribution is 2.20. The second-order valence-electron chi connectivity index (χ2n) is 6.47. The van der Waals surface area contributed by atoms with Crippen LogP contribution in [0.15, 0.2) is 11.7 Å². The Hall–Kier alpha value is -1.14. The Bertz CT molecular complexity index is 442. The van der Waals surface area contributed by atoms with Crippen molar-refractivity contribution in [1.82, 2.24) is 15.2 Å². The molecule has 1 atom stereocenters. The maximum Gasteiger partial charge on any atom is 0.407 e. The first kappa shape index (κ1) is 16.2. The van der Waals surface area contributed by atoms with Crippen LogP contribution in [0.4, 0.5) is 4.79 Å². The number of aromatic nitrogens is 1. The van der Waals surface area contributed by atoms with E-state index in [1.54, 1.807) is 11.3 Å². The van der Waals surface area contributed by atoms with Gasteiger partial charge in [-0.3, -0.25) is 9.88 Å². The number of hydrogen-bond acceptors (Lipinski definition) is 5. The minimum absolute atomic E-state index is 0.328. The van der Waals surface area contributed by atoms with Gasteiger partial charge in [0.15, 0.2) is 0 Å². The van der Waals surface area contributed by atoms with E-state index in [4.69, 9.17) is 4.74 Å². The molecule has 118 valence electrons. The number of hydrogen-bond donors (Lipinski definition) is 1. The lowest BCUT2D eigenvalue weighted by molar-refractivity contribution is 0.0492. The third kappa shape index (κ3) is 5.63. The first-order chi connectivity index (χ1) is 9.94. The molecular weight excluding hydrogens is 286 g/mol. The van der Waals surface area contributed by atoms with Gasteiger partial charge in [0.2, 0.25) is 0 Å². The maximum absolute atomic E-state index is 11.8. The summed E-state index contributed by atoms with van der Waals surface area (Å²) in [7, 11) is 0. The Morgan fingerprint density at radius 2 is 2.33 bits per heavy atom. The number of piperidine rings is 1. The van der Waals surface area contributed by atoms with Gasteiger partial charge in [0.25, 0.3) is 0 Å². The maximum atomic E-state index is 11.8. The van der Waals surface area contributed by atoms with Crippen molar-refractivity contribution in [1.29, 1.82) is 0 Å². The summed E-state index contributed by atoms with van der Waals surface area (Å²) in [5, 5.41) is 2.90. The Kier molecular flexibility index (Phi) is 5.58. The summed E-state index contributed by atoms with van der Waals surface area (Å²) in [6.45, 7) is 8.29. The molecule has 1 aliphatic heterocycles. The third-order valence-corrected chi connectivity index (χ3v) is 4.24. The lowest BCUT2D eigenvalue weighted by atomic mass is 10.0. The quantitative estimate of drug-likeness (QED) is 0.928. The molecule has 2 rings (SSSR count). The summed E-state index contributed by atoms with van der Waals surface area (Å²) in [4.78, 5) is 19.6. The van der Waals surface area contributed by atoms with E-state index in [0.29, 0.717) is 12.6 Å². The molecule has 2 heterocycles. The summed E-state index contributed by atoms with van der Waals surface area (Å²) in [5.74, 6) is 0. The molecule has 6 heteroatoms. The molecule has 21 heavy (non-hydrogen) atoms. The summed E-state index contributed by atoms with van der Waals surface area (Å²) in [6, 6.07) is 0.383. The van der Waals surface area contributed by atoms with Crippen molar-refractivity contribution in [3.05, 3.63) is 16.6 Å². The molecular formula is C15H25N3O2S. The number of rotatable bonds is 4. The smallest absolute Gasteiger partial charge is 0.407 e. The monoisotopic (exact) mass is 311 g/mol. The van der Waals surface area contributed by atoms with Crippen molar-refractivity contribution in [2.75, 3.05) is 13.1 Å². The molecule has 0 aromatic carbocycles. The summed E-state index contributed by atoms with van der Waals surface area (Å²) >= 11 is 1.69. The van der Waals surface area contributed by atoms with E-state index in [-0.39, 0.29) is 6.09 Å². The van der Waals surface area contributed by atoms with Crippen LogP contribution < -0.4 is 5.32 Å². The van der Waals surface area contributed by atoms with Gasteiger partial charge in [-0.25, -0.2) is 4.79 Å². The van der Waals surface area contributed by atoms with E-state index in [1.165, 1.54) is 17.7 Å². The lowest BCUT2D eigenvalue weighted by Crippen LogP contribution is -2.47. The highest BCUT2D eigenvalue weighted by atomic mass is 32.1. The molecule has 0 spiro atoms. The van der Waals surface area contributed by atoms with Crippen molar-refractivity contribution in [2.45, 2.75) is 58.2 Å². The Morgan fingerprint density at radius 1 is 1.52 bits per heavy atom. The van der Waals surface area contributed by atoms with Gasteiger partial charge in [-0.1, -0.05) is 6.42 Å². The van der Waals surface area contributed by atoms with Crippen LogP contribution >= 0.6 is 11.3 Å². The van der Waals surface area contributed by atoms with E-state index in [0.717, 1.165) is 19.5 Å². The van der Waals surface area contributed by atoms with Gasteiger partial charge in [0.05, 0.1) is 5.51 Å². The van der Waals surface area contributed by atoms with Gasteiger partial charge >= 0.3 is 6.09 Å². The molecule has 1 aliphatic rings. The second kappa shape index (κ2) is 7.22. The molecule has 0 radical (unpaired) electrons. The fourth-order valence-electron chi connectivity index (χ4n) is 2.54. The fraction of sp³-hybridized carbons (Fsp3) is 0.733. The minimum Gasteiger partial charge on any atom is -0.444 e.